The van der Waals surface area contributed by atoms with E-state index in [0.717, 1.165) is 11.9 Å². The lowest BCUT2D eigenvalue weighted by atomic mass is 10.2. The Hall–Kier alpha value is -4.22. The topological polar surface area (TPSA) is 109 Å². The summed E-state index contributed by atoms with van der Waals surface area (Å²) < 4.78 is 46.6. The molecule has 4 N–H and O–H groups in total. The third-order valence-corrected chi connectivity index (χ3v) is 5.77. The van der Waals surface area contributed by atoms with Crippen LogP contribution in [0.25, 0.3) is 0 Å². The second kappa shape index (κ2) is 10.2. The van der Waals surface area contributed by atoms with Crippen LogP contribution in [0.4, 0.5) is 47.7 Å². The van der Waals surface area contributed by atoms with Crippen molar-refractivity contribution in [2.45, 2.75) is 13.1 Å². The van der Waals surface area contributed by atoms with Gasteiger partial charge in [-0.3, -0.25) is 4.79 Å². The van der Waals surface area contributed by atoms with Gasteiger partial charge in [-0.25, -0.2) is 4.98 Å². The first-order chi connectivity index (χ1) is 17.1. The van der Waals surface area contributed by atoms with Gasteiger partial charge in [0.05, 0.1) is 12.8 Å². The molecule has 9 nitrogen and oxygen atoms in total. The first kappa shape index (κ1) is 24.9. The number of hydrogen-bond acceptors (Lipinski definition) is 8. The molecule has 12 heteroatoms. The second-order valence-corrected chi connectivity index (χ2v) is 8.21. The van der Waals surface area contributed by atoms with Crippen molar-refractivity contribution in [1.82, 2.24) is 14.9 Å². The van der Waals surface area contributed by atoms with Crippen LogP contribution in [0.15, 0.2) is 48.7 Å². The summed E-state index contributed by atoms with van der Waals surface area (Å²) in [7, 11) is 1.44. The van der Waals surface area contributed by atoms with E-state index in [9.17, 15) is 18.0 Å². The number of alkyl halides is 3. The van der Waals surface area contributed by atoms with Crippen molar-refractivity contribution >= 4 is 40.4 Å². The monoisotopic (exact) mass is 501 g/mol. The van der Waals surface area contributed by atoms with Crippen LogP contribution in [0.1, 0.15) is 12.5 Å². The Labute approximate surface area is 206 Å². The average Bonchev–Trinajstić information content (AvgIpc) is 2.84. The number of nitrogens with two attached hydrogens (primary N) is 1. The van der Waals surface area contributed by atoms with E-state index in [1.165, 1.54) is 14.0 Å². The number of carbonyl (C=O) groups is 1. The highest BCUT2D eigenvalue weighted by Gasteiger charge is 2.35. The van der Waals surface area contributed by atoms with E-state index < -0.39 is 17.6 Å². The summed E-state index contributed by atoms with van der Waals surface area (Å²) in [5.74, 6) is -0.0830. The maximum Gasteiger partial charge on any atom is 0.421 e. The predicted octanol–water partition coefficient (Wildman–Crippen LogP) is 4.24. The van der Waals surface area contributed by atoms with E-state index in [0.29, 0.717) is 49.0 Å². The maximum atomic E-state index is 13.7. The molecule has 4 rings (SSSR count). The van der Waals surface area contributed by atoms with E-state index in [-0.39, 0.29) is 11.9 Å². The smallest absolute Gasteiger partial charge is 0.421 e. The van der Waals surface area contributed by atoms with Crippen molar-refractivity contribution in [3.8, 4) is 5.75 Å². The molecule has 0 aliphatic carbocycles. The molecule has 0 saturated carbocycles. The number of nitrogens with zero attached hydrogens (tertiary/aromatic N) is 4. The molecule has 2 heterocycles. The summed E-state index contributed by atoms with van der Waals surface area (Å²) in [5, 5.41) is 5.62. The summed E-state index contributed by atoms with van der Waals surface area (Å²) in [6, 6.07) is 11.9. The van der Waals surface area contributed by atoms with Gasteiger partial charge in [-0.15, -0.1) is 0 Å². The molecular formula is C24H26F3N7O2. The molecule has 36 heavy (non-hydrogen) atoms. The molecule has 1 aliphatic rings. The Morgan fingerprint density at radius 1 is 1.08 bits per heavy atom. The van der Waals surface area contributed by atoms with Crippen molar-refractivity contribution in [2.75, 3.05) is 54.6 Å². The minimum absolute atomic E-state index is 0.0293. The Kier molecular flexibility index (Phi) is 7.04. The predicted molar refractivity (Wildman–Crippen MR) is 132 cm³/mol. The van der Waals surface area contributed by atoms with Crippen molar-refractivity contribution in [1.29, 1.82) is 0 Å². The molecular weight excluding hydrogens is 475 g/mol. The maximum absolute atomic E-state index is 13.7. The summed E-state index contributed by atoms with van der Waals surface area (Å²) in [4.78, 5) is 23.3. The number of hydrogen-bond donors (Lipinski definition) is 3. The number of carbonyl (C=O) groups excluding carboxylic acids is 1. The van der Waals surface area contributed by atoms with Gasteiger partial charge < -0.3 is 30.9 Å². The van der Waals surface area contributed by atoms with Gasteiger partial charge in [0.1, 0.15) is 17.1 Å². The second-order valence-electron chi connectivity index (χ2n) is 8.21. The quantitative estimate of drug-likeness (QED) is 0.431. The number of benzene rings is 2. The average molecular weight is 502 g/mol. The standard InChI is InChI=1S/C24H26F3N7O2/c1-15(35)33-8-10-34(11-9-33)18-6-7-20(21(13-18)36-2)31-22-19(24(25,26)27)14-29-23(32-22)30-17-5-3-4-16(28)12-17/h3-7,12-14H,8-11,28H2,1-2H3,(H2,29,30,31,32). The highest BCUT2D eigenvalue weighted by Crippen LogP contribution is 2.38. The zero-order valence-electron chi connectivity index (χ0n) is 19.8. The number of nitrogens with one attached hydrogen (secondary N) is 2. The van der Waals surface area contributed by atoms with Crippen LogP contribution < -0.4 is 26.0 Å². The van der Waals surface area contributed by atoms with Crippen LogP contribution in [-0.4, -0.2) is 54.1 Å². The zero-order chi connectivity index (χ0) is 25.9. The lowest BCUT2D eigenvalue weighted by Gasteiger charge is -2.35. The number of halogens is 3. The number of amides is 1. The van der Waals surface area contributed by atoms with Crippen LogP contribution >= 0.6 is 0 Å². The number of ether oxygens (including phenoxy) is 1. The summed E-state index contributed by atoms with van der Waals surface area (Å²) in [6.45, 7) is 4.00. The lowest BCUT2D eigenvalue weighted by Crippen LogP contribution is -2.48. The van der Waals surface area contributed by atoms with Crippen molar-refractivity contribution < 1.29 is 22.7 Å². The van der Waals surface area contributed by atoms with Gasteiger partial charge in [-0.1, -0.05) is 6.07 Å². The van der Waals surface area contributed by atoms with Gasteiger partial charge in [0.2, 0.25) is 11.9 Å². The SMILES string of the molecule is COc1cc(N2CCN(C(C)=O)CC2)ccc1Nc1nc(Nc2cccc(N)c2)ncc1C(F)(F)F. The summed E-state index contributed by atoms with van der Waals surface area (Å²) >= 11 is 0. The lowest BCUT2D eigenvalue weighted by molar-refractivity contribution is -0.137. The molecule has 0 spiro atoms. The largest absolute Gasteiger partial charge is 0.494 e. The first-order valence-electron chi connectivity index (χ1n) is 11.2. The van der Waals surface area contributed by atoms with Crippen molar-refractivity contribution in [3.63, 3.8) is 0 Å². The molecule has 0 unspecified atom stereocenters. The van der Waals surface area contributed by atoms with E-state index in [4.69, 9.17) is 10.5 Å². The normalized spacial score (nSPS) is 13.9. The van der Waals surface area contributed by atoms with Gasteiger partial charge in [-0.05, 0) is 30.3 Å². The number of nitrogen functional groups attached to an aromatic ring is 1. The number of anilines is 6. The molecule has 1 aromatic heterocycles. The molecule has 2 aromatic carbocycles. The molecule has 1 aliphatic heterocycles. The molecule has 1 saturated heterocycles. The van der Waals surface area contributed by atoms with Crippen molar-refractivity contribution in [3.05, 3.63) is 54.2 Å². The Bertz CT molecular complexity index is 1240. The van der Waals surface area contributed by atoms with Gasteiger partial charge >= 0.3 is 6.18 Å². The van der Waals surface area contributed by atoms with Gasteiger partial charge in [0, 0.05) is 62.4 Å². The fourth-order valence-electron chi connectivity index (χ4n) is 3.88. The third-order valence-electron chi connectivity index (χ3n) is 5.77. The molecule has 0 atom stereocenters. The highest BCUT2D eigenvalue weighted by molar-refractivity contribution is 5.74. The van der Waals surface area contributed by atoms with Gasteiger partial charge in [0.25, 0.3) is 0 Å². The van der Waals surface area contributed by atoms with Crippen LogP contribution in [-0.2, 0) is 11.0 Å². The highest BCUT2D eigenvalue weighted by atomic mass is 19.4. The molecule has 190 valence electrons. The minimum Gasteiger partial charge on any atom is -0.494 e. The van der Waals surface area contributed by atoms with Gasteiger partial charge in [0.15, 0.2) is 0 Å². The first-order valence-corrected chi connectivity index (χ1v) is 11.2. The Morgan fingerprint density at radius 2 is 1.83 bits per heavy atom. The van der Waals surface area contributed by atoms with Crippen LogP contribution in [0.3, 0.4) is 0 Å². The summed E-state index contributed by atoms with van der Waals surface area (Å²) in [5.41, 5.74) is 6.91. The van der Waals surface area contributed by atoms with Crippen LogP contribution in [0.2, 0.25) is 0 Å². The molecule has 1 amide bonds. The Morgan fingerprint density at radius 3 is 2.47 bits per heavy atom. The Balaban J connectivity index is 1.60. The van der Waals surface area contributed by atoms with Crippen molar-refractivity contribution in [2.24, 2.45) is 0 Å². The van der Waals surface area contributed by atoms with Gasteiger partial charge in [-0.2, -0.15) is 18.2 Å². The van der Waals surface area contributed by atoms with E-state index in [2.05, 4.69) is 25.5 Å². The fraction of sp³-hybridized carbons (Fsp3) is 0.292. The number of aromatic nitrogens is 2. The third kappa shape index (κ3) is 5.70. The molecule has 0 radical (unpaired) electrons. The number of methoxy groups -OCH3 is 1. The van der Waals surface area contributed by atoms with Crippen LogP contribution in [0.5, 0.6) is 5.75 Å². The molecule has 3 aromatic rings. The fourth-order valence-corrected chi connectivity index (χ4v) is 3.88. The number of rotatable bonds is 6. The minimum atomic E-state index is -4.68. The molecule has 1 fully saturated rings. The molecule has 0 bridgehead atoms. The van der Waals surface area contributed by atoms with E-state index >= 15 is 0 Å². The van der Waals surface area contributed by atoms with Crippen LogP contribution in [0, 0.1) is 0 Å². The van der Waals surface area contributed by atoms with E-state index in [1.54, 1.807) is 47.4 Å². The number of piperazine rings is 1. The summed E-state index contributed by atoms with van der Waals surface area (Å²) in [6.07, 6.45) is -3.96. The zero-order valence-corrected chi connectivity index (χ0v) is 19.8. The van der Waals surface area contributed by atoms with E-state index in [1.807, 2.05) is 0 Å².